The second-order valence-corrected chi connectivity index (χ2v) is 12.1. The van der Waals surface area contributed by atoms with Crippen LogP contribution in [-0.4, -0.2) is 57.1 Å². The Kier molecular flexibility index (Phi) is 10.2. The number of methoxy groups -OCH3 is 1. The van der Waals surface area contributed by atoms with Crippen LogP contribution < -0.4 is 14.4 Å². The molecule has 1 aliphatic carbocycles. The van der Waals surface area contributed by atoms with Crippen molar-refractivity contribution in [3.63, 3.8) is 0 Å². The maximum Gasteiger partial charge on any atom is 0.244 e. The van der Waals surface area contributed by atoms with Gasteiger partial charge in [-0.3, -0.25) is 13.9 Å². The highest BCUT2D eigenvalue weighted by Crippen LogP contribution is 2.31. The van der Waals surface area contributed by atoms with Gasteiger partial charge in [0.2, 0.25) is 21.8 Å². The zero-order valence-electron chi connectivity index (χ0n) is 23.2. The van der Waals surface area contributed by atoms with Gasteiger partial charge in [0.05, 0.1) is 19.1 Å². The maximum absolute atomic E-state index is 13.9. The molecule has 38 heavy (non-hydrogen) atoms. The van der Waals surface area contributed by atoms with Crippen LogP contribution in [0, 0.1) is 13.8 Å². The van der Waals surface area contributed by atoms with E-state index < -0.39 is 28.5 Å². The van der Waals surface area contributed by atoms with Crippen molar-refractivity contribution in [3.05, 3.63) is 59.2 Å². The topological polar surface area (TPSA) is 96.0 Å². The van der Waals surface area contributed by atoms with Crippen molar-refractivity contribution in [1.82, 2.24) is 10.2 Å². The number of carbonyl (C=O) groups excluding carboxylic acids is 2. The fraction of sp³-hybridized carbons (Fsp3) is 0.517. The molecule has 0 aliphatic heterocycles. The minimum absolute atomic E-state index is 0.103. The number of rotatable bonds is 11. The summed E-state index contributed by atoms with van der Waals surface area (Å²) in [5, 5.41) is 3.16. The Bertz CT molecular complexity index is 1210. The van der Waals surface area contributed by atoms with Gasteiger partial charge in [0.1, 0.15) is 18.3 Å². The first kappa shape index (κ1) is 29.5. The van der Waals surface area contributed by atoms with Crippen molar-refractivity contribution < 1.29 is 22.7 Å². The molecule has 2 aromatic carbocycles. The fourth-order valence-corrected chi connectivity index (χ4v) is 5.79. The predicted octanol–water partition coefficient (Wildman–Crippen LogP) is 4.33. The number of nitrogens with one attached hydrogen (secondary N) is 1. The summed E-state index contributed by atoms with van der Waals surface area (Å²) in [5.41, 5.74) is 3.07. The molecule has 0 spiro atoms. The SMILES string of the molecule is CC[C@H](C(=O)NC1CCCCC1)N(Cc1ccc(C)cc1)C(=O)CN(c1cc(C)ccc1OC)S(C)(=O)=O. The first-order chi connectivity index (χ1) is 18.0. The highest BCUT2D eigenvalue weighted by Gasteiger charge is 2.33. The molecule has 1 atom stereocenters. The van der Waals surface area contributed by atoms with E-state index in [1.165, 1.54) is 18.4 Å². The summed E-state index contributed by atoms with van der Waals surface area (Å²) >= 11 is 0. The minimum atomic E-state index is -3.84. The number of anilines is 1. The molecule has 0 bridgehead atoms. The third kappa shape index (κ3) is 7.72. The van der Waals surface area contributed by atoms with Crippen LogP contribution >= 0.6 is 0 Å². The van der Waals surface area contributed by atoms with Crippen LogP contribution in [0.25, 0.3) is 0 Å². The summed E-state index contributed by atoms with van der Waals surface area (Å²) in [5.74, 6) is -0.301. The largest absolute Gasteiger partial charge is 0.495 e. The number of hydrogen-bond acceptors (Lipinski definition) is 5. The van der Waals surface area contributed by atoms with E-state index in [4.69, 9.17) is 4.74 Å². The molecule has 2 aromatic rings. The van der Waals surface area contributed by atoms with Gasteiger partial charge in [-0.15, -0.1) is 0 Å². The summed E-state index contributed by atoms with van der Waals surface area (Å²) in [6.07, 6.45) is 6.67. The molecule has 1 aliphatic rings. The summed E-state index contributed by atoms with van der Waals surface area (Å²) in [7, 11) is -2.38. The smallest absolute Gasteiger partial charge is 0.244 e. The Labute approximate surface area is 227 Å². The van der Waals surface area contributed by atoms with Gasteiger partial charge in [-0.25, -0.2) is 8.42 Å². The van der Waals surface area contributed by atoms with Crippen LogP contribution in [0.3, 0.4) is 0 Å². The van der Waals surface area contributed by atoms with E-state index in [0.717, 1.165) is 52.9 Å². The predicted molar refractivity (Wildman–Crippen MR) is 151 cm³/mol. The van der Waals surface area contributed by atoms with E-state index in [1.807, 2.05) is 51.1 Å². The Morgan fingerprint density at radius 2 is 1.66 bits per heavy atom. The van der Waals surface area contributed by atoms with E-state index >= 15 is 0 Å². The second kappa shape index (κ2) is 13.1. The molecule has 208 valence electrons. The molecule has 1 fully saturated rings. The average molecular weight is 544 g/mol. The van der Waals surface area contributed by atoms with E-state index in [-0.39, 0.29) is 18.5 Å². The number of hydrogen-bond donors (Lipinski definition) is 1. The van der Waals surface area contributed by atoms with Gasteiger partial charge in [0, 0.05) is 12.6 Å². The molecule has 0 aromatic heterocycles. The summed E-state index contributed by atoms with van der Waals surface area (Å²) < 4.78 is 32.3. The third-order valence-corrected chi connectivity index (χ3v) is 8.22. The van der Waals surface area contributed by atoms with Crippen LogP contribution in [-0.2, 0) is 26.2 Å². The molecule has 9 heteroatoms. The molecule has 0 radical (unpaired) electrons. The fourth-order valence-electron chi connectivity index (χ4n) is 4.94. The average Bonchev–Trinajstić information content (AvgIpc) is 2.88. The van der Waals surface area contributed by atoms with Crippen molar-refractivity contribution in [3.8, 4) is 5.75 Å². The first-order valence-electron chi connectivity index (χ1n) is 13.3. The summed E-state index contributed by atoms with van der Waals surface area (Å²) in [4.78, 5) is 28.9. The maximum atomic E-state index is 13.9. The van der Waals surface area contributed by atoms with Gasteiger partial charge in [-0.2, -0.15) is 0 Å². The number of benzene rings is 2. The van der Waals surface area contributed by atoms with Crippen LogP contribution in [0.15, 0.2) is 42.5 Å². The van der Waals surface area contributed by atoms with E-state index in [2.05, 4.69) is 5.32 Å². The van der Waals surface area contributed by atoms with Crippen molar-refractivity contribution in [2.75, 3.05) is 24.2 Å². The monoisotopic (exact) mass is 543 g/mol. The molecular formula is C29H41N3O5S. The van der Waals surface area contributed by atoms with Gasteiger partial charge in [-0.1, -0.05) is 62.1 Å². The van der Waals surface area contributed by atoms with Crippen molar-refractivity contribution in [2.45, 2.75) is 77.9 Å². The first-order valence-corrected chi connectivity index (χ1v) is 15.2. The lowest BCUT2D eigenvalue weighted by molar-refractivity contribution is -0.140. The molecule has 3 rings (SSSR count). The molecular weight excluding hydrogens is 502 g/mol. The lowest BCUT2D eigenvalue weighted by Crippen LogP contribution is -2.54. The van der Waals surface area contributed by atoms with Gasteiger partial charge in [0.25, 0.3) is 0 Å². The molecule has 1 saturated carbocycles. The van der Waals surface area contributed by atoms with Gasteiger partial charge in [-0.05, 0) is 56.4 Å². The van der Waals surface area contributed by atoms with Crippen LogP contribution in [0.5, 0.6) is 5.75 Å². The lowest BCUT2D eigenvalue weighted by atomic mass is 9.95. The number of aryl methyl sites for hydroxylation is 2. The van der Waals surface area contributed by atoms with E-state index in [0.29, 0.717) is 17.9 Å². The molecule has 0 heterocycles. The van der Waals surface area contributed by atoms with Gasteiger partial charge >= 0.3 is 0 Å². The standard InChI is InChI=1S/C29H41N3O5S/c1-6-25(29(34)30-24-10-8-7-9-11-24)31(19-23-15-12-21(2)13-16-23)28(33)20-32(38(5,35)36)26-18-22(3)14-17-27(26)37-4/h12-18,24-25H,6-11,19-20H2,1-5H3,(H,30,34)/t25-/m1/s1. The molecule has 8 nitrogen and oxygen atoms in total. The number of amides is 2. The number of nitrogens with zero attached hydrogens (tertiary/aromatic N) is 2. The van der Waals surface area contributed by atoms with Crippen LogP contribution in [0.1, 0.15) is 62.1 Å². The van der Waals surface area contributed by atoms with Crippen molar-refractivity contribution >= 4 is 27.5 Å². The van der Waals surface area contributed by atoms with Gasteiger partial charge < -0.3 is 15.0 Å². The number of sulfonamides is 1. The lowest BCUT2D eigenvalue weighted by Gasteiger charge is -2.34. The number of carbonyl (C=O) groups is 2. The molecule has 2 amide bonds. The van der Waals surface area contributed by atoms with Crippen LogP contribution in [0.2, 0.25) is 0 Å². The molecule has 1 N–H and O–H groups in total. The highest BCUT2D eigenvalue weighted by atomic mass is 32.2. The minimum Gasteiger partial charge on any atom is -0.495 e. The third-order valence-electron chi connectivity index (χ3n) is 7.09. The van der Waals surface area contributed by atoms with E-state index in [1.54, 1.807) is 12.1 Å². The summed E-state index contributed by atoms with van der Waals surface area (Å²) in [6, 6.07) is 12.3. The van der Waals surface area contributed by atoms with Crippen molar-refractivity contribution in [1.29, 1.82) is 0 Å². The quantitative estimate of drug-likeness (QED) is 0.455. The zero-order chi connectivity index (χ0) is 27.9. The Morgan fingerprint density at radius 3 is 2.24 bits per heavy atom. The normalized spacial score (nSPS) is 15.0. The van der Waals surface area contributed by atoms with Crippen molar-refractivity contribution in [2.24, 2.45) is 0 Å². The zero-order valence-corrected chi connectivity index (χ0v) is 24.0. The van der Waals surface area contributed by atoms with Crippen LogP contribution in [0.4, 0.5) is 5.69 Å². The summed E-state index contributed by atoms with van der Waals surface area (Å²) in [6.45, 7) is 5.45. The molecule has 0 unspecified atom stereocenters. The Hall–Kier alpha value is -3.07. The highest BCUT2D eigenvalue weighted by molar-refractivity contribution is 7.92. The van der Waals surface area contributed by atoms with E-state index in [9.17, 15) is 18.0 Å². The van der Waals surface area contributed by atoms with Gasteiger partial charge in [0.15, 0.2) is 0 Å². The molecule has 0 saturated heterocycles. The second-order valence-electron chi connectivity index (χ2n) is 10.2. The Balaban J connectivity index is 1.95. The Morgan fingerprint density at radius 1 is 1.03 bits per heavy atom. The number of ether oxygens (including phenoxy) is 1.